The molecule has 0 unspecified atom stereocenters. The van der Waals surface area contributed by atoms with E-state index < -0.39 is 12.2 Å². The lowest BCUT2D eigenvalue weighted by molar-refractivity contribution is -0.286. The number of halogens is 2. The first kappa shape index (κ1) is 20.7. The van der Waals surface area contributed by atoms with Gasteiger partial charge < -0.3 is 28.7 Å². The Morgan fingerprint density at radius 3 is 2.61 bits per heavy atom. The molecule has 0 radical (unpaired) electrons. The number of ether oxygens (including phenoxy) is 4. The summed E-state index contributed by atoms with van der Waals surface area (Å²) in [5.41, 5.74) is 0.904. The van der Waals surface area contributed by atoms with E-state index in [-0.39, 0.29) is 34.1 Å². The van der Waals surface area contributed by atoms with Crippen LogP contribution in [0.4, 0.5) is 14.5 Å². The third-order valence-corrected chi connectivity index (χ3v) is 4.87. The topological polar surface area (TPSA) is 105 Å². The zero-order chi connectivity index (χ0) is 22.0. The van der Waals surface area contributed by atoms with E-state index in [0.717, 1.165) is 11.8 Å². The molecule has 4 rings (SSSR count). The van der Waals surface area contributed by atoms with Gasteiger partial charge in [-0.15, -0.1) is 19.0 Å². The second-order valence-corrected chi connectivity index (χ2v) is 7.04. The first-order chi connectivity index (χ1) is 14.9. The molecule has 0 bridgehead atoms. The molecule has 31 heavy (non-hydrogen) atoms. The number of benzene rings is 2. The molecule has 2 heterocycles. The number of nitrogens with one attached hydrogen (secondary N) is 1. The molecule has 0 aliphatic carbocycles. The first-order valence-corrected chi connectivity index (χ1v) is 9.74. The standard InChI is InChI=1S/C19H15F2N3O6S/c1-26-12-5-3-10(7-14(12)27-2)17-23-24-18(28-17)31-9-16(25)22-11-4-6-13-15(8-11)30-19(20,21)29-13/h3-8H,9H2,1-2H3,(H,22,25). The predicted molar refractivity (Wildman–Crippen MR) is 105 cm³/mol. The average Bonchev–Trinajstić information content (AvgIpc) is 3.34. The number of rotatable bonds is 7. The number of carbonyl (C=O) groups excluding carboxylic acids is 1. The highest BCUT2D eigenvalue weighted by molar-refractivity contribution is 7.99. The number of aromatic nitrogens is 2. The Kier molecular flexibility index (Phi) is 5.55. The van der Waals surface area contributed by atoms with Gasteiger partial charge in [0.2, 0.25) is 11.8 Å². The molecule has 0 saturated heterocycles. The van der Waals surface area contributed by atoms with Gasteiger partial charge in [-0.25, -0.2) is 0 Å². The fourth-order valence-electron chi connectivity index (χ4n) is 2.71. The Balaban J connectivity index is 1.35. The number of hydrogen-bond donors (Lipinski definition) is 1. The fraction of sp³-hybridized carbons (Fsp3) is 0.211. The number of methoxy groups -OCH3 is 2. The predicted octanol–water partition coefficient (Wildman–Crippen LogP) is 3.81. The van der Waals surface area contributed by atoms with Crippen molar-refractivity contribution in [2.24, 2.45) is 0 Å². The largest absolute Gasteiger partial charge is 0.586 e. The average molecular weight is 451 g/mol. The van der Waals surface area contributed by atoms with Crippen LogP contribution in [0.15, 0.2) is 46.0 Å². The van der Waals surface area contributed by atoms with Crippen LogP contribution in [0, 0.1) is 0 Å². The lowest BCUT2D eigenvalue weighted by Crippen LogP contribution is -2.25. The van der Waals surface area contributed by atoms with Gasteiger partial charge in [-0.05, 0) is 30.3 Å². The van der Waals surface area contributed by atoms with Crippen LogP contribution in [0.1, 0.15) is 0 Å². The summed E-state index contributed by atoms with van der Waals surface area (Å²) in [5, 5.41) is 10.6. The van der Waals surface area contributed by atoms with Crippen molar-refractivity contribution in [1.82, 2.24) is 10.2 Å². The van der Waals surface area contributed by atoms with Crippen LogP contribution in [0.25, 0.3) is 11.5 Å². The molecule has 162 valence electrons. The molecule has 2 aromatic carbocycles. The SMILES string of the molecule is COc1ccc(-c2nnc(SCC(=O)Nc3ccc4c(c3)OC(F)(F)O4)o2)cc1OC. The van der Waals surface area contributed by atoms with E-state index in [4.69, 9.17) is 13.9 Å². The lowest BCUT2D eigenvalue weighted by Gasteiger charge is -2.07. The van der Waals surface area contributed by atoms with E-state index in [1.807, 2.05) is 0 Å². The normalized spacial score (nSPS) is 13.7. The number of hydrogen-bond acceptors (Lipinski definition) is 9. The van der Waals surface area contributed by atoms with E-state index in [9.17, 15) is 13.6 Å². The third kappa shape index (κ3) is 4.63. The van der Waals surface area contributed by atoms with Gasteiger partial charge >= 0.3 is 6.29 Å². The summed E-state index contributed by atoms with van der Waals surface area (Å²) in [7, 11) is 3.05. The molecule has 12 heteroatoms. The molecular weight excluding hydrogens is 436 g/mol. The van der Waals surface area contributed by atoms with Crippen molar-refractivity contribution in [1.29, 1.82) is 0 Å². The Morgan fingerprint density at radius 1 is 1.06 bits per heavy atom. The molecule has 0 saturated carbocycles. The molecular formula is C19H15F2N3O6S. The van der Waals surface area contributed by atoms with Crippen LogP contribution in [0.2, 0.25) is 0 Å². The van der Waals surface area contributed by atoms with Gasteiger partial charge in [0.25, 0.3) is 5.22 Å². The first-order valence-electron chi connectivity index (χ1n) is 8.75. The van der Waals surface area contributed by atoms with E-state index >= 15 is 0 Å². The highest BCUT2D eigenvalue weighted by atomic mass is 32.2. The maximum absolute atomic E-state index is 13.1. The summed E-state index contributed by atoms with van der Waals surface area (Å²) in [6, 6.07) is 9.09. The second-order valence-electron chi connectivity index (χ2n) is 6.11. The Labute approximate surface area is 178 Å². The van der Waals surface area contributed by atoms with Crippen LogP contribution < -0.4 is 24.3 Å². The van der Waals surface area contributed by atoms with Crippen molar-refractivity contribution in [2.75, 3.05) is 25.3 Å². The van der Waals surface area contributed by atoms with Crippen LogP contribution in [0.5, 0.6) is 23.0 Å². The summed E-state index contributed by atoms with van der Waals surface area (Å²) in [6.45, 7) is 0. The number of anilines is 1. The summed E-state index contributed by atoms with van der Waals surface area (Å²) < 4.78 is 50.8. The number of amides is 1. The highest BCUT2D eigenvalue weighted by Gasteiger charge is 2.43. The summed E-state index contributed by atoms with van der Waals surface area (Å²) in [6.07, 6.45) is -3.72. The molecule has 1 aliphatic rings. The van der Waals surface area contributed by atoms with E-state index in [2.05, 4.69) is 25.0 Å². The molecule has 3 aromatic rings. The van der Waals surface area contributed by atoms with Crippen LogP contribution >= 0.6 is 11.8 Å². The highest BCUT2D eigenvalue weighted by Crippen LogP contribution is 2.42. The minimum Gasteiger partial charge on any atom is -0.493 e. The summed E-state index contributed by atoms with van der Waals surface area (Å²) in [5.74, 6) is 0.607. The van der Waals surface area contributed by atoms with Crippen LogP contribution in [-0.4, -0.2) is 42.4 Å². The lowest BCUT2D eigenvalue weighted by atomic mass is 10.2. The van der Waals surface area contributed by atoms with Crippen LogP contribution in [0.3, 0.4) is 0 Å². The van der Waals surface area contributed by atoms with Crippen molar-refractivity contribution in [3.05, 3.63) is 36.4 Å². The number of alkyl halides is 2. The zero-order valence-electron chi connectivity index (χ0n) is 16.2. The van der Waals surface area contributed by atoms with Gasteiger partial charge in [0.05, 0.1) is 20.0 Å². The van der Waals surface area contributed by atoms with Crippen molar-refractivity contribution < 1.29 is 36.9 Å². The van der Waals surface area contributed by atoms with Gasteiger partial charge in [-0.1, -0.05) is 11.8 Å². The zero-order valence-corrected chi connectivity index (χ0v) is 17.0. The minimum atomic E-state index is -3.72. The van der Waals surface area contributed by atoms with Gasteiger partial charge in [0, 0.05) is 17.3 Å². The summed E-state index contributed by atoms with van der Waals surface area (Å²) in [4.78, 5) is 12.2. The van der Waals surface area contributed by atoms with Gasteiger partial charge in [0.1, 0.15) is 0 Å². The van der Waals surface area contributed by atoms with Gasteiger partial charge in [0.15, 0.2) is 23.0 Å². The Hall–Kier alpha value is -3.54. The third-order valence-electron chi connectivity index (χ3n) is 4.05. The monoisotopic (exact) mass is 451 g/mol. The molecule has 1 aromatic heterocycles. The number of carbonyl (C=O) groups is 1. The summed E-state index contributed by atoms with van der Waals surface area (Å²) >= 11 is 1.02. The Morgan fingerprint density at radius 2 is 1.84 bits per heavy atom. The van der Waals surface area contributed by atoms with Crippen molar-refractivity contribution in [2.45, 2.75) is 11.5 Å². The molecule has 1 aliphatic heterocycles. The smallest absolute Gasteiger partial charge is 0.493 e. The van der Waals surface area contributed by atoms with Gasteiger partial charge in [-0.3, -0.25) is 4.79 Å². The van der Waals surface area contributed by atoms with Crippen molar-refractivity contribution in [3.8, 4) is 34.5 Å². The number of thioether (sulfide) groups is 1. The van der Waals surface area contributed by atoms with Gasteiger partial charge in [-0.2, -0.15) is 0 Å². The number of fused-ring (bicyclic) bond motifs is 1. The molecule has 0 atom stereocenters. The fourth-order valence-corrected chi connectivity index (χ4v) is 3.27. The molecule has 1 amide bonds. The molecule has 1 N–H and O–H groups in total. The quantitative estimate of drug-likeness (QED) is 0.537. The van der Waals surface area contributed by atoms with E-state index in [1.54, 1.807) is 18.2 Å². The minimum absolute atomic E-state index is 0.0435. The van der Waals surface area contributed by atoms with Crippen molar-refractivity contribution in [3.63, 3.8) is 0 Å². The van der Waals surface area contributed by atoms with E-state index in [1.165, 1.54) is 32.4 Å². The Bertz CT molecular complexity index is 1120. The maximum atomic E-state index is 13.1. The molecule has 0 spiro atoms. The van der Waals surface area contributed by atoms with Crippen LogP contribution in [-0.2, 0) is 4.79 Å². The molecule has 0 fully saturated rings. The maximum Gasteiger partial charge on any atom is 0.586 e. The second kappa shape index (κ2) is 8.30. The number of nitrogens with zero attached hydrogens (tertiary/aromatic N) is 2. The van der Waals surface area contributed by atoms with Crippen molar-refractivity contribution >= 4 is 23.4 Å². The molecule has 9 nitrogen and oxygen atoms in total. The van der Waals surface area contributed by atoms with E-state index in [0.29, 0.717) is 17.1 Å².